The van der Waals surface area contributed by atoms with Gasteiger partial charge in [-0.3, -0.25) is 9.89 Å². The second-order valence-corrected chi connectivity index (χ2v) is 6.29. The molecule has 6 nitrogen and oxygen atoms in total. The molecular formula is C14H16Cl2N4O2S. The van der Waals surface area contributed by atoms with Crippen molar-refractivity contribution in [1.29, 1.82) is 0 Å². The number of aromatic nitrogens is 3. The number of aliphatic hydroxyl groups excluding tert-OH is 1. The van der Waals surface area contributed by atoms with E-state index in [2.05, 4.69) is 15.5 Å². The Morgan fingerprint density at radius 1 is 1.43 bits per heavy atom. The van der Waals surface area contributed by atoms with Crippen molar-refractivity contribution in [3.63, 3.8) is 0 Å². The second-order valence-electron chi connectivity index (χ2n) is 5.03. The number of aliphatic hydroxyl groups is 1. The van der Waals surface area contributed by atoms with Gasteiger partial charge < -0.3 is 15.0 Å². The van der Waals surface area contributed by atoms with E-state index in [9.17, 15) is 9.90 Å². The number of aromatic amines is 1. The van der Waals surface area contributed by atoms with E-state index in [0.717, 1.165) is 5.82 Å². The molecule has 124 valence electrons. The molecular weight excluding hydrogens is 359 g/mol. The number of nitrogens with zero attached hydrogens (tertiary/aromatic N) is 2. The summed E-state index contributed by atoms with van der Waals surface area (Å²) in [5.74, 6) is 0.475. The lowest BCUT2D eigenvalue weighted by Gasteiger charge is -2.12. The first-order chi connectivity index (χ1) is 10.9. The van der Waals surface area contributed by atoms with Gasteiger partial charge in [0.15, 0.2) is 4.77 Å². The largest absolute Gasteiger partial charge is 0.388 e. The number of H-pyrrole nitrogens is 1. The molecule has 1 amide bonds. The maximum absolute atomic E-state index is 11.9. The molecule has 1 atom stereocenters. The van der Waals surface area contributed by atoms with E-state index in [1.54, 1.807) is 29.8 Å². The minimum atomic E-state index is -0.966. The SMILES string of the molecule is Cn1c(CCNC(=O)CC(O)c2cc(Cl)cc(Cl)c2)n[nH]c1=S. The fourth-order valence-corrected chi connectivity index (χ4v) is 2.74. The summed E-state index contributed by atoms with van der Waals surface area (Å²) in [6, 6.07) is 4.73. The van der Waals surface area contributed by atoms with Gasteiger partial charge in [0.2, 0.25) is 5.91 Å². The summed E-state index contributed by atoms with van der Waals surface area (Å²) in [4.78, 5) is 11.9. The van der Waals surface area contributed by atoms with Crippen molar-refractivity contribution >= 4 is 41.3 Å². The fraction of sp³-hybridized carbons (Fsp3) is 0.357. The lowest BCUT2D eigenvalue weighted by atomic mass is 10.1. The molecule has 0 radical (unpaired) electrons. The highest BCUT2D eigenvalue weighted by Gasteiger charge is 2.14. The van der Waals surface area contributed by atoms with Gasteiger partial charge in [0, 0.05) is 30.1 Å². The molecule has 23 heavy (non-hydrogen) atoms. The van der Waals surface area contributed by atoms with E-state index < -0.39 is 6.10 Å². The topological polar surface area (TPSA) is 82.9 Å². The van der Waals surface area contributed by atoms with Gasteiger partial charge in [-0.1, -0.05) is 23.2 Å². The summed E-state index contributed by atoms with van der Waals surface area (Å²) in [5, 5.41) is 20.4. The molecule has 2 aromatic rings. The highest BCUT2D eigenvalue weighted by molar-refractivity contribution is 7.71. The Labute approximate surface area is 148 Å². The fourth-order valence-electron chi connectivity index (χ4n) is 2.05. The third-order valence-electron chi connectivity index (χ3n) is 3.29. The molecule has 0 bridgehead atoms. The summed E-state index contributed by atoms with van der Waals surface area (Å²) in [6.07, 6.45) is -0.503. The van der Waals surface area contributed by atoms with Crippen LogP contribution in [0.5, 0.6) is 0 Å². The van der Waals surface area contributed by atoms with Crippen LogP contribution < -0.4 is 5.32 Å². The molecule has 2 rings (SSSR count). The molecule has 1 aromatic heterocycles. The molecule has 0 aliphatic rings. The first-order valence-electron chi connectivity index (χ1n) is 6.88. The molecule has 0 aliphatic heterocycles. The summed E-state index contributed by atoms with van der Waals surface area (Å²) >= 11 is 16.8. The minimum absolute atomic E-state index is 0.0738. The first-order valence-corrected chi connectivity index (χ1v) is 8.04. The molecule has 0 fully saturated rings. The lowest BCUT2D eigenvalue weighted by molar-refractivity contribution is -0.123. The van der Waals surface area contributed by atoms with E-state index in [0.29, 0.717) is 33.3 Å². The highest BCUT2D eigenvalue weighted by atomic mass is 35.5. The van der Waals surface area contributed by atoms with Crippen LogP contribution >= 0.6 is 35.4 Å². The van der Waals surface area contributed by atoms with Crippen LogP contribution in [-0.2, 0) is 18.3 Å². The molecule has 1 heterocycles. The zero-order chi connectivity index (χ0) is 17.0. The Balaban J connectivity index is 1.84. The number of hydrogen-bond donors (Lipinski definition) is 3. The third kappa shape index (κ3) is 5.04. The van der Waals surface area contributed by atoms with E-state index in [1.807, 2.05) is 0 Å². The van der Waals surface area contributed by atoms with Gasteiger partial charge >= 0.3 is 0 Å². The Bertz CT molecular complexity index is 739. The van der Waals surface area contributed by atoms with Crippen LogP contribution in [0.4, 0.5) is 0 Å². The van der Waals surface area contributed by atoms with E-state index in [-0.39, 0.29) is 12.3 Å². The zero-order valence-electron chi connectivity index (χ0n) is 12.3. The molecule has 0 spiro atoms. The molecule has 3 N–H and O–H groups in total. The second kappa shape index (κ2) is 7.92. The van der Waals surface area contributed by atoms with Gasteiger partial charge in [0.25, 0.3) is 0 Å². The smallest absolute Gasteiger partial charge is 0.222 e. The van der Waals surface area contributed by atoms with Crippen molar-refractivity contribution in [1.82, 2.24) is 20.1 Å². The Kier molecular flexibility index (Phi) is 6.17. The van der Waals surface area contributed by atoms with Crippen molar-refractivity contribution in [3.05, 3.63) is 44.4 Å². The minimum Gasteiger partial charge on any atom is -0.388 e. The summed E-state index contributed by atoms with van der Waals surface area (Å²) in [6.45, 7) is 0.398. The number of nitrogens with one attached hydrogen (secondary N) is 2. The standard InChI is InChI=1S/C14H16Cl2N4O2S/c1-20-12(18-19-14(20)23)2-3-17-13(22)7-11(21)8-4-9(15)6-10(16)5-8/h4-6,11,21H,2-3,7H2,1H3,(H,17,22)(H,19,23). The number of carbonyl (C=O) groups excluding carboxylic acids is 1. The summed E-state index contributed by atoms with van der Waals surface area (Å²) in [5.41, 5.74) is 0.507. The van der Waals surface area contributed by atoms with Crippen molar-refractivity contribution in [2.75, 3.05) is 6.54 Å². The monoisotopic (exact) mass is 374 g/mol. The van der Waals surface area contributed by atoms with Gasteiger partial charge in [-0.15, -0.1) is 0 Å². The van der Waals surface area contributed by atoms with Crippen molar-refractivity contribution in [3.8, 4) is 0 Å². The predicted octanol–water partition coefficient (Wildman–Crippen LogP) is 2.57. The van der Waals surface area contributed by atoms with Gasteiger partial charge in [0.05, 0.1) is 12.5 Å². The number of rotatable bonds is 6. The van der Waals surface area contributed by atoms with Crippen molar-refractivity contribution in [2.24, 2.45) is 7.05 Å². The number of amides is 1. The number of halogens is 2. The van der Waals surface area contributed by atoms with Gasteiger partial charge in [-0.2, -0.15) is 5.10 Å². The number of benzene rings is 1. The molecule has 0 aliphatic carbocycles. The molecule has 9 heteroatoms. The van der Waals surface area contributed by atoms with Crippen molar-refractivity contribution in [2.45, 2.75) is 18.9 Å². The van der Waals surface area contributed by atoms with Crippen LogP contribution in [0, 0.1) is 4.77 Å². The first kappa shape index (κ1) is 17.9. The van der Waals surface area contributed by atoms with Gasteiger partial charge in [0.1, 0.15) is 5.82 Å². The van der Waals surface area contributed by atoms with Gasteiger partial charge in [-0.25, -0.2) is 0 Å². The van der Waals surface area contributed by atoms with E-state index in [1.165, 1.54) is 0 Å². The van der Waals surface area contributed by atoms with E-state index >= 15 is 0 Å². The normalized spacial score (nSPS) is 12.2. The van der Waals surface area contributed by atoms with Crippen LogP contribution in [-0.4, -0.2) is 32.3 Å². The van der Waals surface area contributed by atoms with Crippen LogP contribution in [0.3, 0.4) is 0 Å². The van der Waals surface area contributed by atoms with E-state index in [4.69, 9.17) is 35.4 Å². The zero-order valence-corrected chi connectivity index (χ0v) is 14.7. The Morgan fingerprint density at radius 2 is 2.09 bits per heavy atom. The molecule has 1 unspecified atom stereocenters. The Morgan fingerprint density at radius 3 is 2.65 bits per heavy atom. The summed E-state index contributed by atoms with van der Waals surface area (Å²) in [7, 11) is 1.80. The van der Waals surface area contributed by atoms with Crippen LogP contribution in [0.1, 0.15) is 23.9 Å². The van der Waals surface area contributed by atoms with Crippen LogP contribution in [0.2, 0.25) is 10.0 Å². The molecule has 0 saturated carbocycles. The molecule has 1 aromatic carbocycles. The summed E-state index contributed by atoms with van der Waals surface area (Å²) < 4.78 is 2.27. The number of carbonyl (C=O) groups is 1. The lowest BCUT2D eigenvalue weighted by Crippen LogP contribution is -2.27. The number of hydrogen-bond acceptors (Lipinski definition) is 4. The Hall–Kier alpha value is -1.41. The average Bonchev–Trinajstić information content (AvgIpc) is 2.78. The predicted molar refractivity (Wildman–Crippen MR) is 91.1 cm³/mol. The quantitative estimate of drug-likeness (QED) is 0.678. The van der Waals surface area contributed by atoms with Crippen LogP contribution in [0.25, 0.3) is 0 Å². The van der Waals surface area contributed by atoms with Gasteiger partial charge in [-0.05, 0) is 36.0 Å². The highest BCUT2D eigenvalue weighted by Crippen LogP contribution is 2.25. The average molecular weight is 375 g/mol. The van der Waals surface area contributed by atoms with Crippen molar-refractivity contribution < 1.29 is 9.90 Å². The maximum atomic E-state index is 11.9. The van der Waals surface area contributed by atoms with Crippen LogP contribution in [0.15, 0.2) is 18.2 Å². The molecule has 0 saturated heterocycles. The third-order valence-corrected chi connectivity index (χ3v) is 4.09. The maximum Gasteiger partial charge on any atom is 0.222 e.